The summed E-state index contributed by atoms with van der Waals surface area (Å²) >= 11 is 0. The normalized spacial score (nSPS) is 12.4. The Balaban J connectivity index is 1.64. The summed E-state index contributed by atoms with van der Waals surface area (Å²) in [7, 11) is -2.24. The topological polar surface area (TPSA) is 0 Å². The average Bonchev–Trinajstić information content (AvgIpc) is 3.13. The van der Waals surface area contributed by atoms with Crippen LogP contribution in [0.25, 0.3) is 0 Å². The predicted molar refractivity (Wildman–Crippen MR) is 196 cm³/mol. The fourth-order valence-electron chi connectivity index (χ4n) is 6.53. The molecule has 9 heteroatoms. The number of halogens is 6. The summed E-state index contributed by atoms with van der Waals surface area (Å²) in [5.41, 5.74) is -0.164. The molecule has 0 aliphatic heterocycles. The molecule has 0 N–H and O–H groups in total. The van der Waals surface area contributed by atoms with Gasteiger partial charge in [0.2, 0.25) is 0 Å². The summed E-state index contributed by atoms with van der Waals surface area (Å²) < 4.78 is 83.4. The average molecular weight is 699 g/mol. The summed E-state index contributed by atoms with van der Waals surface area (Å²) in [4.78, 5) is 0. The van der Waals surface area contributed by atoms with Crippen molar-refractivity contribution in [2.75, 3.05) is 12.1 Å². The van der Waals surface area contributed by atoms with Crippen molar-refractivity contribution in [1.82, 2.24) is 0 Å². The van der Waals surface area contributed by atoms with Crippen molar-refractivity contribution in [3.05, 3.63) is 181 Å². The Morgan fingerprint density at radius 1 is 0.347 bits per heavy atom. The van der Waals surface area contributed by atoms with Crippen LogP contribution in [0, 0.1) is 0 Å². The molecule has 6 rings (SSSR count). The monoisotopic (exact) mass is 699 g/mol. The van der Waals surface area contributed by atoms with Gasteiger partial charge in [-0.05, 0) is 21.2 Å². The van der Waals surface area contributed by atoms with Crippen LogP contribution in [0.1, 0.15) is 11.1 Å². The highest BCUT2D eigenvalue weighted by molar-refractivity contribution is 7.79. The molecule has 0 aromatic heterocycles. The van der Waals surface area contributed by atoms with Gasteiger partial charge in [0, 0.05) is 0 Å². The second-order valence-electron chi connectivity index (χ2n) is 12.1. The van der Waals surface area contributed by atoms with Crippen LogP contribution in [0.15, 0.2) is 170 Å². The van der Waals surface area contributed by atoms with E-state index in [0.29, 0.717) is 23.0 Å². The third-order valence-corrected chi connectivity index (χ3v) is 14.7. The molecule has 0 nitrogen and oxygen atoms in total. The van der Waals surface area contributed by atoms with Crippen LogP contribution in [0.2, 0.25) is 0 Å². The molecular weight excluding hydrogens is 667 g/mol. The van der Waals surface area contributed by atoms with Crippen molar-refractivity contribution in [3.63, 3.8) is 0 Å². The summed E-state index contributed by atoms with van der Waals surface area (Å²) in [5, 5.41) is 4.32. The molecule has 0 saturated heterocycles. The van der Waals surface area contributed by atoms with E-state index in [1.54, 1.807) is 24.3 Å². The van der Waals surface area contributed by atoms with Crippen LogP contribution in [0.4, 0.5) is 26.3 Å². The van der Waals surface area contributed by atoms with Gasteiger partial charge in [-0.15, -0.1) is 12.1 Å². The number of hydrogen-bond donors (Lipinski definition) is 0. The van der Waals surface area contributed by atoms with Crippen LogP contribution < -0.4 is 32.1 Å². The van der Waals surface area contributed by atoms with Crippen LogP contribution in [-0.2, 0) is 12.4 Å². The van der Waals surface area contributed by atoms with E-state index in [1.807, 2.05) is 72.8 Å². The molecule has 0 bridgehead atoms. The molecule has 0 heterocycles. The first-order chi connectivity index (χ1) is 23.5. The summed E-state index contributed by atoms with van der Waals surface area (Å²) in [5.74, 6) is 0. The van der Waals surface area contributed by atoms with Gasteiger partial charge in [-0.2, -0.15) is 26.3 Å². The first-order valence-corrected chi connectivity index (χ1v) is 18.9. The molecule has 0 unspecified atom stereocenters. The van der Waals surface area contributed by atoms with Gasteiger partial charge in [0.25, 0.3) is 0 Å². The van der Waals surface area contributed by atoms with Gasteiger partial charge in [0.1, 0.15) is 0 Å². The standard InChI is InChI=1S/C40H32BF6P2/c42-39(43,44)31-21-25-33(26-22-31)41(34-27-23-32(24-28-34)40(45,46)47,29-48(35-13-5-1-6-14-35)36-15-7-2-8-16-36)30-49(37-17-9-3-10-18-37)38-19-11-4-12-20-38/h1-28H,29-30H2/q-1. The highest BCUT2D eigenvalue weighted by Gasteiger charge is 2.38. The molecule has 0 radical (unpaired) electrons. The summed E-state index contributed by atoms with van der Waals surface area (Å²) in [6.45, 7) is 0. The van der Waals surface area contributed by atoms with E-state index < -0.39 is 45.5 Å². The van der Waals surface area contributed by atoms with E-state index in [2.05, 4.69) is 48.5 Å². The van der Waals surface area contributed by atoms with E-state index in [4.69, 9.17) is 0 Å². The number of benzene rings is 6. The molecule has 6 aromatic carbocycles. The highest BCUT2D eigenvalue weighted by atomic mass is 31.1. The molecule has 0 saturated carbocycles. The first-order valence-electron chi connectivity index (χ1n) is 15.8. The zero-order chi connectivity index (χ0) is 34.5. The van der Waals surface area contributed by atoms with Crippen molar-refractivity contribution in [2.45, 2.75) is 12.4 Å². The Labute approximate surface area is 285 Å². The van der Waals surface area contributed by atoms with Crippen LogP contribution in [-0.4, -0.2) is 18.3 Å². The molecule has 248 valence electrons. The minimum absolute atomic E-state index is 0.512. The second-order valence-corrected chi connectivity index (χ2v) is 16.6. The van der Waals surface area contributed by atoms with Gasteiger partial charge in [-0.25, -0.2) is 10.9 Å². The predicted octanol–water partition coefficient (Wildman–Crippen LogP) is 8.63. The van der Waals surface area contributed by atoms with Crippen molar-refractivity contribution < 1.29 is 26.3 Å². The molecule has 0 amide bonds. The first kappa shape index (κ1) is 34.7. The molecule has 6 aromatic rings. The molecule has 0 aliphatic rings. The molecule has 0 atom stereocenters. The Morgan fingerprint density at radius 3 is 0.816 bits per heavy atom. The lowest BCUT2D eigenvalue weighted by atomic mass is 9.21. The molecule has 0 aliphatic carbocycles. The van der Waals surface area contributed by atoms with Gasteiger partial charge in [0.05, 0.1) is 17.3 Å². The van der Waals surface area contributed by atoms with Crippen LogP contribution in [0.5, 0.6) is 0 Å². The fraction of sp³-hybridized carbons (Fsp3) is 0.100. The van der Waals surface area contributed by atoms with E-state index in [9.17, 15) is 26.3 Å². The Morgan fingerprint density at radius 2 is 0.592 bits per heavy atom. The maximum atomic E-state index is 13.9. The van der Waals surface area contributed by atoms with E-state index in [0.717, 1.165) is 45.5 Å². The number of hydrogen-bond acceptors (Lipinski definition) is 0. The maximum Gasteiger partial charge on any atom is 0.416 e. The van der Waals surface area contributed by atoms with Crippen molar-refractivity contribution in [2.24, 2.45) is 0 Å². The van der Waals surface area contributed by atoms with Crippen molar-refractivity contribution in [1.29, 1.82) is 0 Å². The molecular formula is C40H32BF6P2-. The fourth-order valence-corrected chi connectivity index (χ4v) is 12.6. The van der Waals surface area contributed by atoms with Gasteiger partial charge in [-0.1, -0.05) is 186 Å². The molecule has 0 fully saturated rings. The molecule has 49 heavy (non-hydrogen) atoms. The smallest absolute Gasteiger partial charge is 0.204 e. The Bertz CT molecular complexity index is 1690. The van der Waals surface area contributed by atoms with E-state index in [-0.39, 0.29) is 0 Å². The zero-order valence-corrected chi connectivity index (χ0v) is 28.1. The lowest BCUT2D eigenvalue weighted by molar-refractivity contribution is -0.138. The van der Waals surface area contributed by atoms with Crippen molar-refractivity contribution in [3.8, 4) is 0 Å². The Kier molecular flexibility index (Phi) is 10.4. The summed E-state index contributed by atoms with van der Waals surface area (Å²) in [6.07, 6.45) is -11.1. The third-order valence-electron chi connectivity index (χ3n) is 9.01. The van der Waals surface area contributed by atoms with Crippen LogP contribution in [0.3, 0.4) is 0 Å². The largest absolute Gasteiger partial charge is 0.416 e. The number of rotatable bonds is 10. The lowest BCUT2D eigenvalue weighted by Crippen LogP contribution is -2.65. The second kappa shape index (κ2) is 14.7. The van der Waals surface area contributed by atoms with Gasteiger partial charge in [-0.3, -0.25) is 0 Å². The summed E-state index contributed by atoms with van der Waals surface area (Å²) in [6, 6.07) is 51.7. The minimum atomic E-state index is -4.54. The molecule has 0 spiro atoms. The Hall–Kier alpha value is -4.18. The van der Waals surface area contributed by atoms with E-state index in [1.165, 1.54) is 0 Å². The lowest BCUT2D eigenvalue weighted by Gasteiger charge is -2.47. The SMILES string of the molecule is FC(F)(F)c1ccc([B-](CP(c2ccccc2)c2ccccc2)(CP(c2ccccc2)c2ccccc2)c2ccc(C(F)(F)F)cc2)cc1. The zero-order valence-electron chi connectivity index (χ0n) is 26.3. The quantitative estimate of drug-likeness (QED) is 0.0764. The minimum Gasteiger partial charge on any atom is -0.204 e. The van der Waals surface area contributed by atoms with Crippen LogP contribution >= 0.6 is 15.8 Å². The highest BCUT2D eigenvalue weighted by Crippen LogP contribution is 2.43. The van der Waals surface area contributed by atoms with Crippen molar-refractivity contribution >= 4 is 54.1 Å². The number of alkyl halides is 6. The van der Waals surface area contributed by atoms with Gasteiger partial charge >= 0.3 is 12.4 Å². The third kappa shape index (κ3) is 8.01. The van der Waals surface area contributed by atoms with Gasteiger partial charge < -0.3 is 0 Å². The van der Waals surface area contributed by atoms with E-state index >= 15 is 0 Å². The van der Waals surface area contributed by atoms with Gasteiger partial charge in [0.15, 0.2) is 0 Å². The maximum absolute atomic E-state index is 13.9.